The Bertz CT molecular complexity index is 195. The normalized spacial score (nSPS) is 10.2. The van der Waals surface area contributed by atoms with E-state index in [2.05, 4.69) is 11.9 Å². The van der Waals surface area contributed by atoms with Crippen LogP contribution in [0.3, 0.4) is 0 Å². The van der Waals surface area contributed by atoms with Gasteiger partial charge in [-0.05, 0) is 13.3 Å². The van der Waals surface area contributed by atoms with E-state index in [1.165, 1.54) is 0 Å². The summed E-state index contributed by atoms with van der Waals surface area (Å²) < 4.78 is 2.01. The smallest absolute Gasteiger partial charge is 0.123 e. The van der Waals surface area contributed by atoms with E-state index >= 15 is 0 Å². The van der Waals surface area contributed by atoms with Gasteiger partial charge >= 0.3 is 0 Å². The summed E-state index contributed by atoms with van der Waals surface area (Å²) >= 11 is 0. The molecule has 0 aliphatic heterocycles. The van der Waals surface area contributed by atoms with Crippen LogP contribution in [0.15, 0.2) is 6.20 Å². The lowest BCUT2D eigenvalue weighted by Crippen LogP contribution is -2.03. The van der Waals surface area contributed by atoms with Crippen molar-refractivity contribution in [2.45, 2.75) is 26.8 Å². The molecule has 1 heterocycles. The number of hydrogen-bond donors (Lipinski definition) is 1. The number of aryl methyl sites for hydroxylation is 1. The molecule has 3 heteroatoms. The fourth-order valence-electron chi connectivity index (χ4n) is 1.00. The summed E-state index contributed by atoms with van der Waals surface area (Å²) in [7, 11) is 0. The van der Waals surface area contributed by atoms with Crippen LogP contribution in [0.2, 0.25) is 0 Å². The summed E-state index contributed by atoms with van der Waals surface area (Å²) in [5.74, 6) is 1.76. The van der Waals surface area contributed by atoms with E-state index in [9.17, 15) is 0 Å². The summed E-state index contributed by atoms with van der Waals surface area (Å²) in [5, 5.41) is 0. The van der Waals surface area contributed by atoms with Crippen molar-refractivity contribution in [2.75, 3.05) is 5.73 Å². The largest absolute Gasteiger partial charge is 0.384 e. The lowest BCUT2D eigenvalue weighted by atomic mass is 10.4. The number of aromatic nitrogens is 2. The lowest BCUT2D eigenvalue weighted by Gasteiger charge is -2.03. The Morgan fingerprint density at radius 2 is 2.40 bits per heavy atom. The molecule has 1 aromatic rings. The topological polar surface area (TPSA) is 43.8 Å². The Morgan fingerprint density at radius 3 is 2.80 bits per heavy atom. The minimum Gasteiger partial charge on any atom is -0.384 e. The molecule has 0 atom stereocenters. The van der Waals surface area contributed by atoms with Gasteiger partial charge < -0.3 is 10.3 Å². The maximum absolute atomic E-state index is 5.63. The zero-order chi connectivity index (χ0) is 7.56. The molecule has 3 nitrogen and oxygen atoms in total. The second kappa shape index (κ2) is 2.73. The molecular formula is C7H13N3. The quantitative estimate of drug-likeness (QED) is 0.668. The van der Waals surface area contributed by atoms with Gasteiger partial charge in [0.25, 0.3) is 0 Å². The molecule has 0 aliphatic carbocycles. The molecule has 2 N–H and O–H groups in total. The third-order valence-electron chi connectivity index (χ3n) is 1.53. The lowest BCUT2D eigenvalue weighted by molar-refractivity contribution is 0.665. The zero-order valence-corrected chi connectivity index (χ0v) is 6.46. The molecule has 0 fully saturated rings. The van der Waals surface area contributed by atoms with E-state index in [0.717, 1.165) is 24.6 Å². The van der Waals surface area contributed by atoms with E-state index in [0.29, 0.717) is 0 Å². The fraction of sp³-hybridized carbons (Fsp3) is 0.571. The van der Waals surface area contributed by atoms with Crippen molar-refractivity contribution in [1.29, 1.82) is 0 Å². The number of anilines is 1. The van der Waals surface area contributed by atoms with Gasteiger partial charge in [0.2, 0.25) is 0 Å². The fourth-order valence-corrected chi connectivity index (χ4v) is 1.00. The van der Waals surface area contributed by atoms with Gasteiger partial charge in [-0.25, -0.2) is 4.98 Å². The van der Waals surface area contributed by atoms with Crippen molar-refractivity contribution in [3.63, 3.8) is 0 Å². The summed E-state index contributed by atoms with van der Waals surface area (Å²) in [4.78, 5) is 4.07. The van der Waals surface area contributed by atoms with Gasteiger partial charge in [-0.1, -0.05) is 6.92 Å². The Kier molecular flexibility index (Phi) is 1.94. The number of nitrogens with two attached hydrogens (primary N) is 1. The van der Waals surface area contributed by atoms with Gasteiger partial charge in [0, 0.05) is 6.54 Å². The second-order valence-electron chi connectivity index (χ2n) is 2.38. The number of nitrogen functional groups attached to an aromatic ring is 1. The molecule has 10 heavy (non-hydrogen) atoms. The summed E-state index contributed by atoms with van der Waals surface area (Å²) in [6, 6.07) is 0. The van der Waals surface area contributed by atoms with Gasteiger partial charge in [0.1, 0.15) is 11.6 Å². The van der Waals surface area contributed by atoms with E-state index in [1.807, 2.05) is 11.5 Å². The number of hydrogen-bond acceptors (Lipinski definition) is 2. The highest BCUT2D eigenvalue weighted by atomic mass is 15.1. The van der Waals surface area contributed by atoms with Crippen molar-refractivity contribution < 1.29 is 0 Å². The second-order valence-corrected chi connectivity index (χ2v) is 2.38. The highest BCUT2D eigenvalue weighted by molar-refractivity contribution is 5.27. The van der Waals surface area contributed by atoms with Crippen LogP contribution in [0.1, 0.15) is 19.2 Å². The van der Waals surface area contributed by atoms with Crippen LogP contribution < -0.4 is 5.73 Å². The van der Waals surface area contributed by atoms with Gasteiger partial charge in [-0.3, -0.25) is 0 Å². The summed E-state index contributed by atoms with van der Waals surface area (Å²) in [6.07, 6.45) is 2.80. The standard InChI is InChI=1S/C7H13N3/c1-3-4-10-6(2)9-5-7(10)8/h5H,3-4,8H2,1-2H3. The molecule has 0 unspecified atom stereocenters. The van der Waals surface area contributed by atoms with E-state index in [1.54, 1.807) is 6.20 Å². The minimum atomic E-state index is 0.763. The molecule has 0 aromatic carbocycles. The van der Waals surface area contributed by atoms with Crippen LogP contribution in [0.4, 0.5) is 5.82 Å². The predicted octanol–water partition coefficient (Wildman–Crippen LogP) is 1.18. The van der Waals surface area contributed by atoms with Crippen LogP contribution in [0.5, 0.6) is 0 Å². The van der Waals surface area contributed by atoms with Gasteiger partial charge in [-0.2, -0.15) is 0 Å². The highest BCUT2D eigenvalue weighted by Crippen LogP contribution is 2.06. The number of imidazole rings is 1. The molecule has 1 rings (SSSR count). The number of nitrogens with zero attached hydrogens (tertiary/aromatic N) is 2. The molecule has 0 saturated heterocycles. The van der Waals surface area contributed by atoms with Crippen molar-refractivity contribution in [2.24, 2.45) is 0 Å². The zero-order valence-electron chi connectivity index (χ0n) is 6.46. The van der Waals surface area contributed by atoms with Gasteiger partial charge in [0.05, 0.1) is 6.20 Å². The van der Waals surface area contributed by atoms with Gasteiger partial charge in [-0.15, -0.1) is 0 Å². The summed E-state index contributed by atoms with van der Waals surface area (Å²) in [5.41, 5.74) is 5.63. The van der Waals surface area contributed by atoms with Crippen LogP contribution in [-0.4, -0.2) is 9.55 Å². The van der Waals surface area contributed by atoms with Crippen molar-refractivity contribution in [1.82, 2.24) is 9.55 Å². The summed E-state index contributed by atoms with van der Waals surface area (Å²) in [6.45, 7) is 5.06. The third kappa shape index (κ3) is 1.12. The number of rotatable bonds is 2. The van der Waals surface area contributed by atoms with Crippen molar-refractivity contribution in [3.8, 4) is 0 Å². The predicted molar refractivity (Wildman–Crippen MR) is 41.7 cm³/mol. The van der Waals surface area contributed by atoms with E-state index in [-0.39, 0.29) is 0 Å². The molecule has 0 bridgehead atoms. The highest BCUT2D eigenvalue weighted by Gasteiger charge is 1.99. The first-order valence-electron chi connectivity index (χ1n) is 3.53. The Hall–Kier alpha value is -0.990. The van der Waals surface area contributed by atoms with Gasteiger partial charge in [0.15, 0.2) is 0 Å². The minimum absolute atomic E-state index is 0.763. The molecule has 0 spiro atoms. The van der Waals surface area contributed by atoms with Crippen LogP contribution in [-0.2, 0) is 6.54 Å². The van der Waals surface area contributed by atoms with Crippen LogP contribution in [0.25, 0.3) is 0 Å². The first kappa shape index (κ1) is 7.12. The Labute approximate surface area is 60.9 Å². The first-order valence-corrected chi connectivity index (χ1v) is 3.53. The SMILES string of the molecule is CCCn1c(N)cnc1C. The Balaban J connectivity index is 2.87. The Morgan fingerprint density at radius 1 is 1.70 bits per heavy atom. The van der Waals surface area contributed by atoms with Crippen LogP contribution in [0, 0.1) is 6.92 Å². The molecule has 56 valence electrons. The van der Waals surface area contributed by atoms with Crippen molar-refractivity contribution in [3.05, 3.63) is 12.0 Å². The average Bonchev–Trinajstić information content (AvgIpc) is 2.20. The van der Waals surface area contributed by atoms with E-state index < -0.39 is 0 Å². The molecular weight excluding hydrogens is 126 g/mol. The van der Waals surface area contributed by atoms with Crippen LogP contribution >= 0.6 is 0 Å². The molecule has 0 aliphatic rings. The maximum atomic E-state index is 5.63. The average molecular weight is 139 g/mol. The molecule has 0 radical (unpaired) electrons. The molecule has 1 aromatic heterocycles. The molecule has 0 saturated carbocycles. The third-order valence-corrected chi connectivity index (χ3v) is 1.53. The van der Waals surface area contributed by atoms with E-state index in [4.69, 9.17) is 5.73 Å². The monoisotopic (exact) mass is 139 g/mol. The maximum Gasteiger partial charge on any atom is 0.123 e. The molecule has 0 amide bonds. The first-order chi connectivity index (χ1) is 4.75. The van der Waals surface area contributed by atoms with Crippen molar-refractivity contribution >= 4 is 5.82 Å².